The third-order valence-corrected chi connectivity index (χ3v) is 3.25. The van der Waals surface area contributed by atoms with Crippen molar-refractivity contribution >= 4 is 5.91 Å². The maximum absolute atomic E-state index is 11.1. The molecule has 0 atom stereocenters. The van der Waals surface area contributed by atoms with Gasteiger partial charge in [-0.05, 0) is 31.6 Å². The quantitative estimate of drug-likeness (QED) is 0.595. The minimum atomic E-state index is -0.399. The molecule has 3 nitrogen and oxygen atoms in total. The normalized spacial score (nSPS) is 39.0. The Hall–Kier alpha value is -0.990. The lowest BCUT2D eigenvalue weighted by Gasteiger charge is -2.36. The fraction of sp³-hybridized carbons (Fsp3) is 0.700. The summed E-state index contributed by atoms with van der Waals surface area (Å²) in [4.78, 5) is 11.1. The molecule has 1 aliphatic heterocycles. The van der Waals surface area contributed by atoms with Gasteiger partial charge in [-0.2, -0.15) is 0 Å². The second-order valence-corrected chi connectivity index (χ2v) is 4.28. The van der Waals surface area contributed by atoms with Crippen LogP contribution in [0.15, 0.2) is 11.8 Å². The van der Waals surface area contributed by atoms with E-state index in [1.165, 1.54) is 6.08 Å². The summed E-state index contributed by atoms with van der Waals surface area (Å²) in [7, 11) is 0. The molecule has 0 bridgehead atoms. The van der Waals surface area contributed by atoms with Crippen LogP contribution in [0.5, 0.6) is 0 Å². The minimum Gasteiger partial charge on any atom is -0.510 e. The summed E-state index contributed by atoms with van der Waals surface area (Å²) in [5, 5.41) is 12.5. The van der Waals surface area contributed by atoms with Gasteiger partial charge in [-0.25, -0.2) is 0 Å². The van der Waals surface area contributed by atoms with E-state index in [-0.39, 0.29) is 11.7 Å². The Kier molecular flexibility index (Phi) is 1.82. The molecule has 1 spiro atoms. The smallest absolute Gasteiger partial charge is 0.248 e. The van der Waals surface area contributed by atoms with Crippen molar-refractivity contribution in [3.05, 3.63) is 11.8 Å². The van der Waals surface area contributed by atoms with E-state index in [0.717, 1.165) is 31.6 Å². The molecule has 1 saturated carbocycles. The zero-order valence-corrected chi connectivity index (χ0v) is 7.84. The van der Waals surface area contributed by atoms with E-state index in [1.807, 2.05) is 0 Å². The molecule has 0 unspecified atom stereocenters. The first-order valence-corrected chi connectivity index (χ1v) is 4.86. The molecule has 0 aromatic heterocycles. The topological polar surface area (TPSA) is 49.3 Å². The monoisotopic (exact) mass is 181 g/mol. The number of carbonyl (C=O) groups is 1. The van der Waals surface area contributed by atoms with Crippen molar-refractivity contribution in [1.29, 1.82) is 0 Å². The van der Waals surface area contributed by atoms with Gasteiger partial charge in [0.2, 0.25) is 5.91 Å². The second kappa shape index (κ2) is 2.76. The van der Waals surface area contributed by atoms with E-state index < -0.39 is 5.54 Å². The Morgan fingerprint density at radius 1 is 1.54 bits per heavy atom. The third-order valence-electron chi connectivity index (χ3n) is 3.25. The number of rotatable bonds is 0. The van der Waals surface area contributed by atoms with Crippen LogP contribution in [0.2, 0.25) is 0 Å². The SMILES string of the molecule is CC1CCC2(CC1)NC(=O)C=C2O. The molecule has 1 heterocycles. The van der Waals surface area contributed by atoms with E-state index in [2.05, 4.69) is 12.2 Å². The van der Waals surface area contributed by atoms with Crippen molar-refractivity contribution in [2.75, 3.05) is 0 Å². The summed E-state index contributed by atoms with van der Waals surface area (Å²) >= 11 is 0. The van der Waals surface area contributed by atoms with E-state index >= 15 is 0 Å². The van der Waals surface area contributed by atoms with Crippen molar-refractivity contribution < 1.29 is 9.90 Å². The van der Waals surface area contributed by atoms with Crippen LogP contribution in [0, 0.1) is 5.92 Å². The molecule has 1 aliphatic carbocycles. The number of hydrogen-bond acceptors (Lipinski definition) is 2. The second-order valence-electron chi connectivity index (χ2n) is 4.28. The lowest BCUT2D eigenvalue weighted by atomic mass is 9.77. The fourth-order valence-corrected chi connectivity index (χ4v) is 2.23. The van der Waals surface area contributed by atoms with Gasteiger partial charge in [0, 0.05) is 6.08 Å². The lowest BCUT2D eigenvalue weighted by molar-refractivity contribution is -0.117. The standard InChI is InChI=1S/C10H15NO2/c1-7-2-4-10(5-3-7)8(12)6-9(13)11-10/h6-7,12H,2-5H2,1H3,(H,11,13). The van der Waals surface area contributed by atoms with Crippen LogP contribution < -0.4 is 5.32 Å². The number of aliphatic hydroxyl groups is 1. The molecule has 2 rings (SSSR count). The Bertz CT molecular complexity index is 262. The lowest BCUT2D eigenvalue weighted by Crippen LogP contribution is -2.47. The number of carbonyl (C=O) groups excluding carboxylic acids is 1. The van der Waals surface area contributed by atoms with Gasteiger partial charge in [0.1, 0.15) is 5.76 Å². The number of hydrogen-bond donors (Lipinski definition) is 2. The average molecular weight is 181 g/mol. The van der Waals surface area contributed by atoms with Crippen LogP contribution in [0.4, 0.5) is 0 Å². The zero-order valence-electron chi connectivity index (χ0n) is 7.84. The highest BCUT2D eigenvalue weighted by molar-refractivity contribution is 5.92. The highest BCUT2D eigenvalue weighted by Crippen LogP contribution is 2.37. The summed E-state index contributed by atoms with van der Waals surface area (Å²) < 4.78 is 0. The van der Waals surface area contributed by atoms with E-state index in [0.29, 0.717) is 0 Å². The van der Waals surface area contributed by atoms with Crippen molar-refractivity contribution in [1.82, 2.24) is 5.32 Å². The maximum Gasteiger partial charge on any atom is 0.248 e. The molecule has 2 N–H and O–H groups in total. The molecule has 0 aromatic carbocycles. The first-order chi connectivity index (χ1) is 6.12. The summed E-state index contributed by atoms with van der Waals surface area (Å²) in [6, 6.07) is 0. The van der Waals surface area contributed by atoms with Gasteiger partial charge in [-0.15, -0.1) is 0 Å². The van der Waals surface area contributed by atoms with Gasteiger partial charge >= 0.3 is 0 Å². The molecule has 0 aromatic rings. The fourth-order valence-electron chi connectivity index (χ4n) is 2.23. The predicted octanol–water partition coefficient (Wildman–Crippen LogP) is 1.51. The van der Waals surface area contributed by atoms with Gasteiger partial charge < -0.3 is 10.4 Å². The number of amides is 1. The Morgan fingerprint density at radius 3 is 2.62 bits per heavy atom. The molecular formula is C10H15NO2. The first kappa shape index (κ1) is 8.60. The van der Waals surface area contributed by atoms with Gasteiger partial charge in [0.05, 0.1) is 5.54 Å². The molecule has 3 heteroatoms. The molecule has 13 heavy (non-hydrogen) atoms. The Labute approximate surface area is 77.8 Å². The van der Waals surface area contributed by atoms with Gasteiger partial charge in [-0.1, -0.05) is 6.92 Å². The predicted molar refractivity (Wildman–Crippen MR) is 49.2 cm³/mol. The van der Waals surface area contributed by atoms with E-state index in [1.54, 1.807) is 0 Å². The molecule has 2 aliphatic rings. The van der Waals surface area contributed by atoms with E-state index in [4.69, 9.17) is 0 Å². The zero-order chi connectivity index (χ0) is 9.47. The Morgan fingerprint density at radius 2 is 2.15 bits per heavy atom. The molecule has 1 amide bonds. The molecule has 1 fully saturated rings. The van der Waals surface area contributed by atoms with Gasteiger partial charge in [-0.3, -0.25) is 4.79 Å². The molecule has 0 saturated heterocycles. The maximum atomic E-state index is 11.1. The van der Waals surface area contributed by atoms with Crippen molar-refractivity contribution in [3.8, 4) is 0 Å². The van der Waals surface area contributed by atoms with Crippen LogP contribution >= 0.6 is 0 Å². The van der Waals surface area contributed by atoms with Crippen LogP contribution in [-0.2, 0) is 4.79 Å². The molecule has 72 valence electrons. The number of aliphatic hydroxyl groups excluding tert-OH is 1. The summed E-state index contributed by atoms with van der Waals surface area (Å²) in [6.07, 6.45) is 5.23. The Balaban J connectivity index is 2.15. The van der Waals surface area contributed by atoms with Crippen LogP contribution in [0.1, 0.15) is 32.6 Å². The third kappa shape index (κ3) is 1.32. The van der Waals surface area contributed by atoms with Crippen molar-refractivity contribution in [2.24, 2.45) is 5.92 Å². The minimum absolute atomic E-state index is 0.146. The molecular weight excluding hydrogens is 166 g/mol. The summed E-state index contributed by atoms with van der Waals surface area (Å²) in [5.74, 6) is 0.812. The van der Waals surface area contributed by atoms with Gasteiger partial charge in [0.15, 0.2) is 0 Å². The first-order valence-electron chi connectivity index (χ1n) is 4.86. The number of nitrogens with one attached hydrogen (secondary N) is 1. The van der Waals surface area contributed by atoms with Gasteiger partial charge in [0.25, 0.3) is 0 Å². The van der Waals surface area contributed by atoms with Crippen LogP contribution in [0.25, 0.3) is 0 Å². The largest absolute Gasteiger partial charge is 0.510 e. The van der Waals surface area contributed by atoms with Crippen molar-refractivity contribution in [2.45, 2.75) is 38.1 Å². The summed E-state index contributed by atoms with van der Waals surface area (Å²) in [5.41, 5.74) is -0.399. The van der Waals surface area contributed by atoms with Crippen LogP contribution in [0.3, 0.4) is 0 Å². The highest BCUT2D eigenvalue weighted by atomic mass is 16.3. The van der Waals surface area contributed by atoms with Crippen molar-refractivity contribution in [3.63, 3.8) is 0 Å². The average Bonchev–Trinajstić information content (AvgIpc) is 2.34. The molecule has 0 radical (unpaired) electrons. The highest BCUT2D eigenvalue weighted by Gasteiger charge is 2.42. The summed E-state index contributed by atoms with van der Waals surface area (Å²) in [6.45, 7) is 2.21. The van der Waals surface area contributed by atoms with Crippen LogP contribution in [-0.4, -0.2) is 16.6 Å². The van der Waals surface area contributed by atoms with E-state index in [9.17, 15) is 9.90 Å².